The molecule has 0 aliphatic carbocycles. The molecule has 1 amide bonds. The Labute approximate surface area is 106 Å². The van der Waals surface area contributed by atoms with E-state index < -0.39 is 0 Å². The molecule has 1 heterocycles. The maximum Gasteiger partial charge on any atom is 0.239 e. The van der Waals surface area contributed by atoms with Crippen molar-refractivity contribution in [3.63, 3.8) is 0 Å². The van der Waals surface area contributed by atoms with E-state index in [4.69, 9.17) is 5.26 Å². The number of carbonyl (C=O) groups is 1. The molecule has 1 aliphatic heterocycles. The predicted molar refractivity (Wildman–Crippen MR) is 69.2 cm³/mol. The summed E-state index contributed by atoms with van der Waals surface area (Å²) in [6.45, 7) is 1.74. The number of nitrogens with one attached hydrogen (secondary N) is 2. The van der Waals surface area contributed by atoms with E-state index >= 15 is 0 Å². The fourth-order valence-electron chi connectivity index (χ4n) is 2.21. The van der Waals surface area contributed by atoms with Crippen LogP contribution in [0.3, 0.4) is 0 Å². The van der Waals surface area contributed by atoms with Gasteiger partial charge in [-0.1, -0.05) is 12.1 Å². The van der Waals surface area contributed by atoms with Gasteiger partial charge in [0.2, 0.25) is 5.91 Å². The van der Waals surface area contributed by atoms with Gasteiger partial charge in [0.1, 0.15) is 6.07 Å². The molecule has 1 unspecified atom stereocenters. The van der Waals surface area contributed by atoms with Crippen molar-refractivity contribution in [2.24, 2.45) is 0 Å². The quantitative estimate of drug-likeness (QED) is 0.790. The van der Waals surface area contributed by atoms with E-state index in [-0.39, 0.29) is 11.9 Å². The fourth-order valence-corrected chi connectivity index (χ4v) is 2.21. The molecular formula is C13H16N4O. The molecule has 18 heavy (non-hydrogen) atoms. The molecule has 0 aromatic heterocycles. The van der Waals surface area contributed by atoms with Crippen molar-refractivity contribution in [2.75, 3.05) is 31.6 Å². The Kier molecular flexibility index (Phi) is 3.80. The SMILES string of the molecule is CNCC1CN(c2ccccc2C#N)CC(=O)N1. The highest BCUT2D eigenvalue weighted by atomic mass is 16.2. The molecule has 0 radical (unpaired) electrons. The van der Waals surface area contributed by atoms with Crippen LogP contribution in [-0.4, -0.2) is 38.6 Å². The third-order valence-electron chi connectivity index (χ3n) is 2.96. The second-order valence-electron chi connectivity index (χ2n) is 4.33. The molecule has 1 saturated heterocycles. The van der Waals surface area contributed by atoms with Gasteiger partial charge in [0.05, 0.1) is 23.8 Å². The average Bonchev–Trinajstić information content (AvgIpc) is 2.38. The molecule has 5 nitrogen and oxygen atoms in total. The van der Waals surface area contributed by atoms with Crippen molar-refractivity contribution in [3.8, 4) is 6.07 Å². The lowest BCUT2D eigenvalue weighted by atomic mass is 10.1. The summed E-state index contributed by atoms with van der Waals surface area (Å²) in [5.41, 5.74) is 1.44. The first kappa shape index (κ1) is 12.4. The molecule has 5 heteroatoms. The van der Waals surface area contributed by atoms with Gasteiger partial charge in [-0.15, -0.1) is 0 Å². The van der Waals surface area contributed by atoms with Crippen LogP contribution in [0, 0.1) is 11.3 Å². The number of rotatable bonds is 3. The zero-order valence-corrected chi connectivity index (χ0v) is 10.3. The summed E-state index contributed by atoms with van der Waals surface area (Å²) in [6.07, 6.45) is 0. The number of likely N-dealkylation sites (N-methyl/N-ethyl adjacent to an activating group) is 1. The van der Waals surface area contributed by atoms with E-state index in [1.165, 1.54) is 0 Å². The van der Waals surface area contributed by atoms with Crippen molar-refractivity contribution < 1.29 is 4.79 Å². The number of hydrogen-bond donors (Lipinski definition) is 2. The molecule has 0 bridgehead atoms. The van der Waals surface area contributed by atoms with Gasteiger partial charge in [0, 0.05) is 13.1 Å². The second kappa shape index (κ2) is 5.52. The standard InChI is InChI=1S/C13H16N4O/c1-15-7-11-8-17(9-13(18)16-11)12-5-3-2-4-10(12)6-14/h2-5,11,15H,7-9H2,1H3,(H,16,18). The molecule has 1 aromatic rings. The third kappa shape index (κ3) is 2.60. The Morgan fingerprint density at radius 2 is 2.33 bits per heavy atom. The topological polar surface area (TPSA) is 68.2 Å². The lowest BCUT2D eigenvalue weighted by molar-refractivity contribution is -0.121. The van der Waals surface area contributed by atoms with Gasteiger partial charge in [-0.25, -0.2) is 0 Å². The van der Waals surface area contributed by atoms with E-state index in [0.717, 1.165) is 12.2 Å². The molecular weight excluding hydrogens is 228 g/mol. The number of benzene rings is 1. The fraction of sp³-hybridized carbons (Fsp3) is 0.385. The Hall–Kier alpha value is -2.06. The largest absolute Gasteiger partial charge is 0.359 e. The van der Waals surface area contributed by atoms with Crippen LogP contribution >= 0.6 is 0 Å². The predicted octanol–water partition coefficient (Wildman–Crippen LogP) is 0.0825. The lowest BCUT2D eigenvalue weighted by Crippen LogP contribution is -2.57. The van der Waals surface area contributed by atoms with Crippen LogP contribution in [0.15, 0.2) is 24.3 Å². The number of piperazine rings is 1. The minimum Gasteiger partial charge on any atom is -0.359 e. The first-order valence-corrected chi connectivity index (χ1v) is 5.92. The third-order valence-corrected chi connectivity index (χ3v) is 2.96. The minimum atomic E-state index is -0.00533. The molecule has 2 rings (SSSR count). The summed E-state index contributed by atoms with van der Waals surface area (Å²) in [7, 11) is 1.86. The van der Waals surface area contributed by atoms with Gasteiger partial charge < -0.3 is 15.5 Å². The van der Waals surface area contributed by atoms with Crippen molar-refractivity contribution in [3.05, 3.63) is 29.8 Å². The number of amides is 1. The summed E-state index contributed by atoms with van der Waals surface area (Å²) in [5, 5.41) is 15.1. The Morgan fingerprint density at radius 3 is 3.06 bits per heavy atom. The van der Waals surface area contributed by atoms with Gasteiger partial charge in [0.15, 0.2) is 0 Å². The maximum absolute atomic E-state index is 11.7. The van der Waals surface area contributed by atoms with Crippen LogP contribution in [0.2, 0.25) is 0 Å². The molecule has 0 spiro atoms. The molecule has 1 aromatic carbocycles. The van der Waals surface area contributed by atoms with E-state index in [1.54, 1.807) is 6.07 Å². The highest BCUT2D eigenvalue weighted by molar-refractivity contribution is 5.83. The molecule has 94 valence electrons. The van der Waals surface area contributed by atoms with Gasteiger partial charge in [-0.3, -0.25) is 4.79 Å². The van der Waals surface area contributed by atoms with Gasteiger partial charge >= 0.3 is 0 Å². The van der Waals surface area contributed by atoms with Crippen LogP contribution < -0.4 is 15.5 Å². The number of nitriles is 1. The van der Waals surface area contributed by atoms with Crippen LogP contribution in [0.4, 0.5) is 5.69 Å². The summed E-state index contributed by atoms with van der Waals surface area (Å²) >= 11 is 0. The zero-order valence-electron chi connectivity index (χ0n) is 10.3. The molecule has 1 fully saturated rings. The van der Waals surface area contributed by atoms with Gasteiger partial charge in [-0.05, 0) is 19.2 Å². The van der Waals surface area contributed by atoms with Crippen molar-refractivity contribution >= 4 is 11.6 Å². The zero-order chi connectivity index (χ0) is 13.0. The molecule has 0 saturated carbocycles. The summed E-state index contributed by atoms with van der Waals surface area (Å²) in [4.78, 5) is 13.6. The lowest BCUT2D eigenvalue weighted by Gasteiger charge is -2.34. The Morgan fingerprint density at radius 1 is 1.56 bits per heavy atom. The highest BCUT2D eigenvalue weighted by Crippen LogP contribution is 2.20. The highest BCUT2D eigenvalue weighted by Gasteiger charge is 2.25. The number of nitrogens with zero attached hydrogens (tertiary/aromatic N) is 2. The summed E-state index contributed by atoms with van der Waals surface area (Å²) in [6, 6.07) is 9.61. The van der Waals surface area contributed by atoms with Gasteiger partial charge in [0.25, 0.3) is 0 Å². The average molecular weight is 244 g/mol. The van der Waals surface area contributed by atoms with Gasteiger partial charge in [-0.2, -0.15) is 5.26 Å². The van der Waals surface area contributed by atoms with E-state index in [2.05, 4.69) is 16.7 Å². The van der Waals surface area contributed by atoms with Crippen LogP contribution in [0.5, 0.6) is 0 Å². The number of para-hydroxylation sites is 1. The first-order valence-electron chi connectivity index (χ1n) is 5.92. The second-order valence-corrected chi connectivity index (χ2v) is 4.33. The summed E-state index contributed by atoms with van der Waals surface area (Å²) in [5.74, 6) is -0.00533. The Bertz CT molecular complexity index is 480. The maximum atomic E-state index is 11.7. The number of anilines is 1. The minimum absolute atomic E-state index is 0.00533. The van der Waals surface area contributed by atoms with E-state index in [9.17, 15) is 4.79 Å². The van der Waals surface area contributed by atoms with Crippen molar-refractivity contribution in [2.45, 2.75) is 6.04 Å². The monoisotopic (exact) mass is 244 g/mol. The first-order chi connectivity index (χ1) is 8.74. The smallest absolute Gasteiger partial charge is 0.239 e. The molecule has 2 N–H and O–H groups in total. The van der Waals surface area contributed by atoms with Crippen molar-refractivity contribution in [1.29, 1.82) is 5.26 Å². The number of hydrogen-bond acceptors (Lipinski definition) is 4. The van der Waals surface area contributed by atoms with Crippen LogP contribution in [0.1, 0.15) is 5.56 Å². The Balaban J connectivity index is 2.22. The van der Waals surface area contributed by atoms with Crippen LogP contribution in [-0.2, 0) is 4.79 Å². The van der Waals surface area contributed by atoms with E-state index in [1.807, 2.05) is 30.1 Å². The van der Waals surface area contributed by atoms with E-state index in [0.29, 0.717) is 18.7 Å². The van der Waals surface area contributed by atoms with Crippen molar-refractivity contribution in [1.82, 2.24) is 10.6 Å². The molecule has 1 aliphatic rings. The summed E-state index contributed by atoms with van der Waals surface area (Å²) < 4.78 is 0. The normalized spacial score (nSPS) is 19.2. The molecule has 1 atom stereocenters. The van der Waals surface area contributed by atoms with Crippen LogP contribution in [0.25, 0.3) is 0 Å². The number of carbonyl (C=O) groups excluding carboxylic acids is 1.